The summed E-state index contributed by atoms with van der Waals surface area (Å²) in [7, 11) is 0. The summed E-state index contributed by atoms with van der Waals surface area (Å²) in [4.78, 5) is 11.5. The Morgan fingerprint density at radius 3 is 2.62 bits per heavy atom. The second-order valence-corrected chi connectivity index (χ2v) is 5.05. The molecule has 1 aliphatic rings. The Morgan fingerprint density at radius 1 is 1.62 bits per heavy atom. The van der Waals surface area contributed by atoms with Gasteiger partial charge in [0.1, 0.15) is 0 Å². The average Bonchev–Trinajstić information content (AvgIpc) is 2.29. The summed E-state index contributed by atoms with van der Waals surface area (Å²) in [6.45, 7) is 10.2. The molecule has 0 aromatic carbocycles. The number of rotatable bonds is 2. The molecule has 1 heterocycles. The van der Waals surface area contributed by atoms with Crippen LogP contribution in [0.3, 0.4) is 0 Å². The summed E-state index contributed by atoms with van der Waals surface area (Å²) in [5, 5.41) is 2.92. The first-order chi connectivity index (χ1) is 5.92. The summed E-state index contributed by atoms with van der Waals surface area (Å²) < 4.78 is 0. The van der Waals surface area contributed by atoms with E-state index in [1.165, 1.54) is 0 Å². The Kier molecular flexibility index (Phi) is 2.79. The lowest BCUT2D eigenvalue weighted by atomic mass is 9.83. The predicted molar refractivity (Wildman–Crippen MR) is 54.3 cm³/mol. The van der Waals surface area contributed by atoms with Crippen molar-refractivity contribution in [3.8, 4) is 0 Å². The fourth-order valence-electron chi connectivity index (χ4n) is 1.84. The Bertz CT molecular complexity index is 215. The van der Waals surface area contributed by atoms with Crippen molar-refractivity contribution in [2.24, 2.45) is 11.3 Å². The summed E-state index contributed by atoms with van der Waals surface area (Å²) in [6.07, 6.45) is 3.70. The van der Waals surface area contributed by atoms with Gasteiger partial charge in [-0.15, -0.1) is 6.58 Å². The van der Waals surface area contributed by atoms with E-state index in [1.54, 1.807) is 0 Å². The van der Waals surface area contributed by atoms with Crippen LogP contribution in [-0.4, -0.2) is 11.9 Å². The van der Waals surface area contributed by atoms with E-state index in [0.29, 0.717) is 0 Å². The first-order valence-electron chi connectivity index (χ1n) is 4.85. The zero-order valence-electron chi connectivity index (χ0n) is 8.76. The normalized spacial score (nSPS) is 28.7. The lowest BCUT2D eigenvalue weighted by Gasteiger charge is -2.20. The van der Waals surface area contributed by atoms with Gasteiger partial charge in [-0.25, -0.2) is 0 Å². The third-order valence-electron chi connectivity index (χ3n) is 2.38. The van der Waals surface area contributed by atoms with E-state index in [2.05, 4.69) is 32.7 Å². The molecule has 2 atom stereocenters. The van der Waals surface area contributed by atoms with Crippen molar-refractivity contribution in [3.05, 3.63) is 12.7 Å². The van der Waals surface area contributed by atoms with Gasteiger partial charge in [-0.05, 0) is 18.3 Å². The minimum Gasteiger partial charge on any atom is -0.350 e. The fourth-order valence-corrected chi connectivity index (χ4v) is 1.84. The maximum absolute atomic E-state index is 11.5. The van der Waals surface area contributed by atoms with Crippen molar-refractivity contribution in [2.45, 2.75) is 39.7 Å². The van der Waals surface area contributed by atoms with Crippen LogP contribution in [-0.2, 0) is 4.79 Å². The number of carbonyl (C=O) groups excluding carboxylic acids is 1. The lowest BCUT2D eigenvalue weighted by molar-refractivity contribution is -0.123. The smallest absolute Gasteiger partial charge is 0.223 e. The quantitative estimate of drug-likeness (QED) is 0.649. The highest BCUT2D eigenvalue weighted by molar-refractivity contribution is 5.81. The molecule has 1 saturated heterocycles. The first kappa shape index (κ1) is 10.3. The highest BCUT2D eigenvalue weighted by Gasteiger charge is 2.32. The zero-order valence-corrected chi connectivity index (χ0v) is 8.76. The van der Waals surface area contributed by atoms with Crippen molar-refractivity contribution in [2.75, 3.05) is 0 Å². The van der Waals surface area contributed by atoms with E-state index >= 15 is 0 Å². The van der Waals surface area contributed by atoms with E-state index in [0.717, 1.165) is 12.8 Å². The Balaban J connectivity index is 2.53. The molecule has 2 heteroatoms. The molecule has 74 valence electrons. The van der Waals surface area contributed by atoms with Crippen LogP contribution in [0, 0.1) is 11.3 Å². The third kappa shape index (κ3) is 2.87. The summed E-state index contributed by atoms with van der Waals surface area (Å²) in [5.74, 6) is 0.378. The van der Waals surface area contributed by atoms with Crippen LogP contribution in [0.4, 0.5) is 0 Å². The summed E-state index contributed by atoms with van der Waals surface area (Å²) in [6, 6.07) is 0.194. The van der Waals surface area contributed by atoms with Crippen LogP contribution in [0.15, 0.2) is 12.7 Å². The maximum Gasteiger partial charge on any atom is 0.223 e. The molecule has 1 N–H and O–H groups in total. The van der Waals surface area contributed by atoms with Gasteiger partial charge in [0, 0.05) is 12.0 Å². The van der Waals surface area contributed by atoms with Crippen molar-refractivity contribution in [3.63, 3.8) is 0 Å². The van der Waals surface area contributed by atoms with E-state index in [4.69, 9.17) is 0 Å². The van der Waals surface area contributed by atoms with Crippen molar-refractivity contribution in [1.82, 2.24) is 5.32 Å². The SMILES string of the molecule is C=CC1CC(CC(C)(C)C)C(=O)N1. The van der Waals surface area contributed by atoms with Gasteiger partial charge in [-0.3, -0.25) is 4.79 Å². The van der Waals surface area contributed by atoms with E-state index in [1.807, 2.05) is 6.08 Å². The van der Waals surface area contributed by atoms with Crippen molar-refractivity contribution < 1.29 is 4.79 Å². The molecule has 0 spiro atoms. The molecule has 0 saturated carbocycles. The van der Waals surface area contributed by atoms with Gasteiger partial charge < -0.3 is 5.32 Å². The van der Waals surface area contributed by atoms with Gasteiger partial charge >= 0.3 is 0 Å². The molecular weight excluding hydrogens is 162 g/mol. The Hall–Kier alpha value is -0.790. The molecule has 1 aliphatic heterocycles. The molecule has 2 nitrogen and oxygen atoms in total. The van der Waals surface area contributed by atoms with Gasteiger partial charge in [0.25, 0.3) is 0 Å². The highest BCUT2D eigenvalue weighted by Crippen LogP contribution is 2.30. The van der Waals surface area contributed by atoms with Gasteiger partial charge in [-0.1, -0.05) is 26.8 Å². The third-order valence-corrected chi connectivity index (χ3v) is 2.38. The largest absolute Gasteiger partial charge is 0.350 e. The topological polar surface area (TPSA) is 29.1 Å². The van der Waals surface area contributed by atoms with Crippen LogP contribution in [0.1, 0.15) is 33.6 Å². The Morgan fingerprint density at radius 2 is 2.23 bits per heavy atom. The van der Waals surface area contributed by atoms with Gasteiger partial charge in [0.05, 0.1) is 0 Å². The van der Waals surface area contributed by atoms with Gasteiger partial charge in [0.15, 0.2) is 0 Å². The second kappa shape index (κ2) is 3.52. The standard InChI is InChI=1S/C11H19NO/c1-5-9-6-8(10(13)12-9)7-11(2,3)4/h5,8-9H,1,6-7H2,2-4H3,(H,12,13). The van der Waals surface area contributed by atoms with Crippen LogP contribution in [0.2, 0.25) is 0 Å². The van der Waals surface area contributed by atoms with E-state index < -0.39 is 0 Å². The van der Waals surface area contributed by atoms with Crippen LogP contribution in [0.5, 0.6) is 0 Å². The fraction of sp³-hybridized carbons (Fsp3) is 0.727. The Labute approximate surface area is 80.4 Å². The van der Waals surface area contributed by atoms with Crippen LogP contribution >= 0.6 is 0 Å². The number of hydrogen-bond acceptors (Lipinski definition) is 1. The number of carbonyl (C=O) groups is 1. The highest BCUT2D eigenvalue weighted by atomic mass is 16.2. The molecule has 1 fully saturated rings. The number of nitrogens with one attached hydrogen (secondary N) is 1. The predicted octanol–water partition coefficient (Wildman–Crippen LogP) is 2.11. The first-order valence-corrected chi connectivity index (χ1v) is 4.85. The number of amides is 1. The second-order valence-electron chi connectivity index (χ2n) is 5.05. The van der Waals surface area contributed by atoms with Gasteiger partial charge in [0.2, 0.25) is 5.91 Å². The zero-order chi connectivity index (χ0) is 10.1. The van der Waals surface area contributed by atoms with Crippen molar-refractivity contribution >= 4 is 5.91 Å². The van der Waals surface area contributed by atoms with Crippen LogP contribution < -0.4 is 5.32 Å². The molecule has 0 radical (unpaired) electrons. The van der Waals surface area contributed by atoms with E-state index in [9.17, 15) is 4.79 Å². The molecule has 1 amide bonds. The number of hydrogen-bond donors (Lipinski definition) is 1. The molecule has 0 aromatic heterocycles. The molecule has 0 aliphatic carbocycles. The molecule has 1 rings (SSSR count). The molecule has 13 heavy (non-hydrogen) atoms. The molecule has 0 aromatic rings. The maximum atomic E-state index is 11.5. The molecular formula is C11H19NO. The summed E-state index contributed by atoms with van der Waals surface area (Å²) >= 11 is 0. The molecule has 2 unspecified atom stereocenters. The summed E-state index contributed by atoms with van der Waals surface area (Å²) in [5.41, 5.74) is 0.234. The molecule has 0 bridgehead atoms. The minimum absolute atomic E-state index is 0.183. The van der Waals surface area contributed by atoms with Gasteiger partial charge in [-0.2, -0.15) is 0 Å². The van der Waals surface area contributed by atoms with Crippen LogP contribution in [0.25, 0.3) is 0 Å². The van der Waals surface area contributed by atoms with E-state index in [-0.39, 0.29) is 23.3 Å². The monoisotopic (exact) mass is 181 g/mol. The lowest BCUT2D eigenvalue weighted by Crippen LogP contribution is -2.25. The average molecular weight is 181 g/mol. The van der Waals surface area contributed by atoms with Crippen molar-refractivity contribution in [1.29, 1.82) is 0 Å². The minimum atomic E-state index is 0.183.